The van der Waals surface area contributed by atoms with Crippen LogP contribution >= 0.6 is 0 Å². The van der Waals surface area contributed by atoms with E-state index in [9.17, 15) is 0 Å². The highest BCUT2D eigenvalue weighted by atomic mass is 15.3. The summed E-state index contributed by atoms with van der Waals surface area (Å²) in [6.07, 6.45) is 10.3. The van der Waals surface area contributed by atoms with Crippen molar-refractivity contribution in [1.82, 2.24) is 9.80 Å². The third-order valence-corrected chi connectivity index (χ3v) is 6.71. The maximum absolute atomic E-state index is 2.76. The molecule has 0 unspecified atom stereocenters. The van der Waals surface area contributed by atoms with E-state index in [0.29, 0.717) is 0 Å². The van der Waals surface area contributed by atoms with Crippen LogP contribution in [0.5, 0.6) is 0 Å². The summed E-state index contributed by atoms with van der Waals surface area (Å²) in [7, 11) is 0. The van der Waals surface area contributed by atoms with Crippen molar-refractivity contribution in [3.63, 3.8) is 0 Å². The van der Waals surface area contributed by atoms with Crippen LogP contribution in [0.3, 0.4) is 0 Å². The van der Waals surface area contributed by atoms with Gasteiger partial charge in [0.15, 0.2) is 0 Å². The molecular weight excluding hydrogens is 280 g/mol. The van der Waals surface area contributed by atoms with E-state index in [4.69, 9.17) is 0 Å². The molecule has 23 heavy (non-hydrogen) atoms. The monoisotopic (exact) mass is 312 g/mol. The summed E-state index contributed by atoms with van der Waals surface area (Å²) >= 11 is 0. The van der Waals surface area contributed by atoms with Crippen LogP contribution in [0.15, 0.2) is 30.3 Å². The average molecular weight is 313 g/mol. The van der Waals surface area contributed by atoms with E-state index in [1.807, 2.05) is 0 Å². The summed E-state index contributed by atoms with van der Waals surface area (Å²) in [6, 6.07) is 10.9. The normalized spacial score (nSPS) is 28.1. The Morgan fingerprint density at radius 1 is 0.870 bits per heavy atom. The maximum atomic E-state index is 2.76. The highest BCUT2D eigenvalue weighted by Gasteiger charge is 2.53. The summed E-state index contributed by atoms with van der Waals surface area (Å²) < 4.78 is 0. The van der Waals surface area contributed by atoms with Crippen molar-refractivity contribution in [2.75, 3.05) is 39.3 Å². The quantitative estimate of drug-likeness (QED) is 0.815. The molecule has 0 amide bonds. The van der Waals surface area contributed by atoms with E-state index in [1.54, 1.807) is 6.42 Å². The predicted molar refractivity (Wildman–Crippen MR) is 96.7 cm³/mol. The molecule has 2 aliphatic carbocycles. The molecule has 1 aromatic carbocycles. The molecule has 4 rings (SSSR count). The van der Waals surface area contributed by atoms with E-state index in [1.165, 1.54) is 83.4 Å². The molecule has 3 fully saturated rings. The minimum atomic E-state index is 0.808. The number of hydrogen-bond donors (Lipinski definition) is 0. The molecule has 2 heteroatoms. The van der Waals surface area contributed by atoms with Crippen LogP contribution in [0.25, 0.3) is 0 Å². The van der Waals surface area contributed by atoms with E-state index < -0.39 is 0 Å². The highest BCUT2D eigenvalue weighted by molar-refractivity contribution is 5.14. The third-order valence-electron chi connectivity index (χ3n) is 6.71. The van der Waals surface area contributed by atoms with E-state index in [-0.39, 0.29) is 0 Å². The largest absolute Gasteiger partial charge is 0.300 e. The van der Waals surface area contributed by atoms with Gasteiger partial charge < -0.3 is 9.80 Å². The predicted octanol–water partition coefficient (Wildman–Crippen LogP) is 3.82. The molecule has 1 atom stereocenters. The third kappa shape index (κ3) is 3.80. The van der Waals surface area contributed by atoms with E-state index in [2.05, 4.69) is 40.1 Å². The second-order valence-corrected chi connectivity index (χ2v) is 8.20. The number of benzene rings is 1. The fraction of sp³-hybridized carbons (Fsp3) is 0.714. The van der Waals surface area contributed by atoms with Crippen LogP contribution in [0.1, 0.15) is 44.1 Å². The van der Waals surface area contributed by atoms with Crippen molar-refractivity contribution in [2.45, 2.75) is 44.9 Å². The van der Waals surface area contributed by atoms with E-state index >= 15 is 0 Å². The molecule has 126 valence electrons. The number of hydrogen-bond acceptors (Lipinski definition) is 2. The molecule has 3 aliphatic rings. The van der Waals surface area contributed by atoms with Crippen LogP contribution in [0.2, 0.25) is 0 Å². The molecule has 0 N–H and O–H groups in total. The van der Waals surface area contributed by atoms with Crippen LogP contribution in [0, 0.1) is 11.3 Å². The summed E-state index contributed by atoms with van der Waals surface area (Å²) in [5.41, 5.74) is 2.29. The zero-order valence-corrected chi connectivity index (χ0v) is 14.6. The van der Waals surface area contributed by atoms with Crippen molar-refractivity contribution in [2.24, 2.45) is 11.3 Å². The topological polar surface area (TPSA) is 6.48 Å². The Kier molecular flexibility index (Phi) is 4.73. The van der Waals surface area contributed by atoms with Crippen LogP contribution < -0.4 is 0 Å². The Balaban J connectivity index is 1.17. The lowest BCUT2D eigenvalue weighted by Gasteiger charge is -2.35. The molecule has 1 heterocycles. The minimum Gasteiger partial charge on any atom is -0.300 e. The second kappa shape index (κ2) is 6.94. The number of nitrogens with zero attached hydrogens (tertiary/aromatic N) is 2. The molecule has 1 saturated heterocycles. The van der Waals surface area contributed by atoms with Crippen LogP contribution in [-0.2, 0) is 6.42 Å². The zero-order chi connectivity index (χ0) is 15.5. The van der Waals surface area contributed by atoms with E-state index in [0.717, 1.165) is 11.3 Å². The molecule has 0 radical (unpaired) electrons. The zero-order valence-electron chi connectivity index (χ0n) is 14.6. The Morgan fingerprint density at radius 3 is 2.30 bits per heavy atom. The molecule has 1 aromatic rings. The van der Waals surface area contributed by atoms with Crippen molar-refractivity contribution in [3.8, 4) is 0 Å². The fourth-order valence-electron chi connectivity index (χ4n) is 5.00. The first-order valence-corrected chi connectivity index (χ1v) is 9.83. The standard InChI is InChI=1S/C21H32N2/c1-3-7-19(8-4-1)9-12-22-13-15-23(16-14-22)18-20-17-21(20)10-5-2-6-11-21/h1,3-4,7-8,20H,2,5-6,9-18H2/t20-/m1/s1. The number of rotatable bonds is 5. The van der Waals surface area contributed by atoms with Crippen molar-refractivity contribution >= 4 is 0 Å². The van der Waals surface area contributed by atoms with Gasteiger partial charge in [0.2, 0.25) is 0 Å². The lowest BCUT2D eigenvalue weighted by Crippen LogP contribution is -2.47. The first-order valence-electron chi connectivity index (χ1n) is 9.83. The van der Waals surface area contributed by atoms with Gasteiger partial charge in [-0.3, -0.25) is 0 Å². The SMILES string of the molecule is c1ccc(CCN2CCN(C[C@H]3CC34CCCCC4)CC2)cc1. The Hall–Kier alpha value is -0.860. The van der Waals surface area contributed by atoms with Crippen molar-refractivity contribution in [3.05, 3.63) is 35.9 Å². The Bertz CT molecular complexity index is 484. The van der Waals surface area contributed by atoms with Gasteiger partial charge in [0.05, 0.1) is 0 Å². The van der Waals surface area contributed by atoms with Gasteiger partial charge >= 0.3 is 0 Å². The van der Waals surface area contributed by atoms with Gasteiger partial charge in [0, 0.05) is 39.3 Å². The molecule has 0 aromatic heterocycles. The van der Waals surface area contributed by atoms with Crippen molar-refractivity contribution in [1.29, 1.82) is 0 Å². The lowest BCUT2D eigenvalue weighted by molar-refractivity contribution is 0.122. The van der Waals surface area contributed by atoms with Gasteiger partial charge in [-0.05, 0) is 42.6 Å². The Labute approximate surface area is 141 Å². The summed E-state index contributed by atoms with van der Waals surface area (Å²) in [5, 5.41) is 0. The average Bonchev–Trinajstić information content (AvgIpc) is 3.26. The minimum absolute atomic E-state index is 0.808. The summed E-state index contributed by atoms with van der Waals surface area (Å²) in [4.78, 5) is 5.42. The first-order chi connectivity index (χ1) is 11.3. The molecule has 1 spiro atoms. The van der Waals surface area contributed by atoms with Gasteiger partial charge in [-0.25, -0.2) is 0 Å². The van der Waals surface area contributed by atoms with Gasteiger partial charge in [0.1, 0.15) is 0 Å². The van der Waals surface area contributed by atoms with Gasteiger partial charge in [-0.15, -0.1) is 0 Å². The number of piperazine rings is 1. The van der Waals surface area contributed by atoms with Gasteiger partial charge in [-0.2, -0.15) is 0 Å². The first kappa shape index (κ1) is 15.7. The Morgan fingerprint density at radius 2 is 1.57 bits per heavy atom. The van der Waals surface area contributed by atoms with Crippen molar-refractivity contribution < 1.29 is 0 Å². The molecule has 2 saturated carbocycles. The second-order valence-electron chi connectivity index (χ2n) is 8.20. The summed E-state index contributed by atoms with van der Waals surface area (Å²) in [5.74, 6) is 1.04. The van der Waals surface area contributed by atoms with Crippen LogP contribution in [0.4, 0.5) is 0 Å². The smallest absolute Gasteiger partial charge is 0.0110 e. The fourth-order valence-corrected chi connectivity index (χ4v) is 5.00. The van der Waals surface area contributed by atoms with Crippen LogP contribution in [-0.4, -0.2) is 49.1 Å². The van der Waals surface area contributed by atoms with Gasteiger partial charge in [0.25, 0.3) is 0 Å². The highest BCUT2D eigenvalue weighted by Crippen LogP contribution is 2.61. The molecule has 2 nitrogen and oxygen atoms in total. The molecule has 0 bridgehead atoms. The molecular formula is C21H32N2. The summed E-state index contributed by atoms with van der Waals surface area (Å²) in [6.45, 7) is 7.75. The molecule has 1 aliphatic heterocycles. The lowest BCUT2D eigenvalue weighted by atomic mass is 9.84. The maximum Gasteiger partial charge on any atom is 0.0110 e. The van der Waals surface area contributed by atoms with Gasteiger partial charge in [-0.1, -0.05) is 49.6 Å².